The third-order valence-electron chi connectivity index (χ3n) is 4.69. The number of halogens is 2. The van der Waals surface area contributed by atoms with Crippen LogP contribution in [0.3, 0.4) is 0 Å². The number of para-hydroxylation sites is 1. The number of amides is 1. The van der Waals surface area contributed by atoms with Crippen molar-refractivity contribution in [2.24, 2.45) is 0 Å². The summed E-state index contributed by atoms with van der Waals surface area (Å²) in [6.07, 6.45) is 1.49. The standard InChI is InChI=1S/C26H22Cl2N2O3/c1-3-32-24-14-18(10-11-23(24)33-16-19-7-5-8-21(27)13-19)12-20(15-29)26(31)30-25-17(2)6-4-9-22(25)28/h4-14H,3,16H2,1-2H3,(H,30,31)/b20-12+. The summed E-state index contributed by atoms with van der Waals surface area (Å²) in [5.41, 5.74) is 2.76. The minimum Gasteiger partial charge on any atom is -0.490 e. The molecule has 1 amide bonds. The molecule has 3 rings (SSSR count). The van der Waals surface area contributed by atoms with Crippen molar-refractivity contribution in [3.8, 4) is 17.6 Å². The van der Waals surface area contributed by atoms with Gasteiger partial charge in [0.05, 0.1) is 17.3 Å². The summed E-state index contributed by atoms with van der Waals surface area (Å²) < 4.78 is 11.6. The highest BCUT2D eigenvalue weighted by Gasteiger charge is 2.14. The molecule has 0 fully saturated rings. The van der Waals surface area contributed by atoms with Gasteiger partial charge in [0.15, 0.2) is 11.5 Å². The van der Waals surface area contributed by atoms with E-state index in [1.54, 1.807) is 36.4 Å². The molecule has 3 aromatic carbocycles. The highest BCUT2D eigenvalue weighted by molar-refractivity contribution is 6.34. The molecule has 3 aromatic rings. The van der Waals surface area contributed by atoms with Gasteiger partial charge in [-0.25, -0.2) is 0 Å². The minimum atomic E-state index is -0.548. The maximum Gasteiger partial charge on any atom is 0.266 e. The summed E-state index contributed by atoms with van der Waals surface area (Å²) in [5.74, 6) is 0.504. The van der Waals surface area contributed by atoms with Crippen molar-refractivity contribution >= 4 is 40.9 Å². The first-order chi connectivity index (χ1) is 15.9. The van der Waals surface area contributed by atoms with Gasteiger partial charge >= 0.3 is 0 Å². The highest BCUT2D eigenvalue weighted by Crippen LogP contribution is 2.31. The number of rotatable bonds is 8. The van der Waals surface area contributed by atoms with Crippen LogP contribution < -0.4 is 14.8 Å². The van der Waals surface area contributed by atoms with Crippen molar-refractivity contribution in [2.45, 2.75) is 20.5 Å². The SMILES string of the molecule is CCOc1cc(/C=C(\C#N)C(=O)Nc2c(C)cccc2Cl)ccc1OCc1cccc(Cl)c1. The number of nitriles is 1. The van der Waals surface area contributed by atoms with Crippen LogP contribution in [0.4, 0.5) is 5.69 Å². The zero-order valence-corrected chi connectivity index (χ0v) is 19.7. The van der Waals surface area contributed by atoms with Crippen LogP contribution in [0.15, 0.2) is 66.2 Å². The van der Waals surface area contributed by atoms with Gasteiger partial charge in [0, 0.05) is 5.02 Å². The fraction of sp³-hybridized carbons (Fsp3) is 0.154. The monoisotopic (exact) mass is 480 g/mol. The Morgan fingerprint density at radius 3 is 2.55 bits per heavy atom. The Balaban J connectivity index is 1.81. The van der Waals surface area contributed by atoms with E-state index in [2.05, 4.69) is 5.32 Å². The fourth-order valence-corrected chi connectivity index (χ4v) is 3.56. The van der Waals surface area contributed by atoms with E-state index in [0.717, 1.165) is 11.1 Å². The highest BCUT2D eigenvalue weighted by atomic mass is 35.5. The van der Waals surface area contributed by atoms with E-state index in [-0.39, 0.29) is 5.57 Å². The molecule has 0 aromatic heterocycles. The first kappa shape index (κ1) is 24.2. The summed E-state index contributed by atoms with van der Waals surface area (Å²) in [7, 11) is 0. The molecule has 0 bridgehead atoms. The van der Waals surface area contributed by atoms with E-state index in [4.69, 9.17) is 32.7 Å². The minimum absolute atomic E-state index is 0.0654. The van der Waals surface area contributed by atoms with Crippen LogP contribution in [0.25, 0.3) is 6.08 Å². The number of nitrogens with one attached hydrogen (secondary N) is 1. The normalized spacial score (nSPS) is 10.9. The largest absolute Gasteiger partial charge is 0.490 e. The van der Waals surface area contributed by atoms with Crippen molar-refractivity contribution in [1.82, 2.24) is 0 Å². The van der Waals surface area contributed by atoms with Gasteiger partial charge in [-0.1, -0.05) is 53.5 Å². The molecule has 0 aliphatic heterocycles. The predicted octanol–water partition coefficient (Wildman–Crippen LogP) is 6.83. The third-order valence-corrected chi connectivity index (χ3v) is 5.24. The van der Waals surface area contributed by atoms with Gasteiger partial charge in [-0.2, -0.15) is 5.26 Å². The Bertz CT molecular complexity index is 1210. The van der Waals surface area contributed by atoms with E-state index in [9.17, 15) is 10.1 Å². The van der Waals surface area contributed by atoms with E-state index < -0.39 is 5.91 Å². The lowest BCUT2D eigenvalue weighted by atomic mass is 10.1. The topological polar surface area (TPSA) is 71.3 Å². The van der Waals surface area contributed by atoms with Crippen LogP contribution in [0.2, 0.25) is 10.0 Å². The third kappa shape index (κ3) is 6.52. The molecule has 0 radical (unpaired) electrons. The van der Waals surface area contributed by atoms with Gasteiger partial charge in [-0.3, -0.25) is 4.79 Å². The Hall–Kier alpha value is -3.46. The Kier molecular flexibility index (Phi) is 8.37. The summed E-state index contributed by atoms with van der Waals surface area (Å²) >= 11 is 12.2. The number of aryl methyl sites for hydroxylation is 1. The molecule has 33 heavy (non-hydrogen) atoms. The Labute approximate surface area is 203 Å². The number of hydrogen-bond acceptors (Lipinski definition) is 4. The lowest BCUT2D eigenvalue weighted by Gasteiger charge is -2.13. The van der Waals surface area contributed by atoms with Crippen LogP contribution in [0.1, 0.15) is 23.6 Å². The first-order valence-electron chi connectivity index (χ1n) is 10.2. The molecule has 0 aliphatic carbocycles. The summed E-state index contributed by atoms with van der Waals surface area (Å²) in [4.78, 5) is 12.7. The van der Waals surface area contributed by atoms with Crippen LogP contribution in [0, 0.1) is 18.3 Å². The average Bonchev–Trinajstić information content (AvgIpc) is 2.79. The van der Waals surface area contributed by atoms with Crippen molar-refractivity contribution in [3.05, 3.63) is 93.0 Å². The second-order valence-electron chi connectivity index (χ2n) is 7.11. The summed E-state index contributed by atoms with van der Waals surface area (Å²) in [6, 6.07) is 19.9. The molecule has 0 heterocycles. The predicted molar refractivity (Wildman–Crippen MR) is 132 cm³/mol. The number of ether oxygens (including phenoxy) is 2. The van der Waals surface area contributed by atoms with Crippen molar-refractivity contribution < 1.29 is 14.3 Å². The van der Waals surface area contributed by atoms with Gasteiger partial charge in [0.1, 0.15) is 18.2 Å². The maximum absolute atomic E-state index is 12.7. The molecule has 0 atom stereocenters. The molecule has 0 saturated carbocycles. The van der Waals surface area contributed by atoms with Crippen molar-refractivity contribution in [2.75, 3.05) is 11.9 Å². The molecule has 5 nitrogen and oxygen atoms in total. The van der Waals surface area contributed by atoms with Gasteiger partial charge in [-0.15, -0.1) is 0 Å². The Morgan fingerprint density at radius 1 is 1.06 bits per heavy atom. The molecule has 0 spiro atoms. The van der Waals surface area contributed by atoms with Crippen LogP contribution in [-0.4, -0.2) is 12.5 Å². The van der Waals surface area contributed by atoms with Gasteiger partial charge in [0.25, 0.3) is 5.91 Å². The molecule has 1 N–H and O–H groups in total. The molecule has 7 heteroatoms. The molecular weight excluding hydrogens is 459 g/mol. The van der Waals surface area contributed by atoms with E-state index >= 15 is 0 Å². The smallest absolute Gasteiger partial charge is 0.266 e. The Morgan fingerprint density at radius 2 is 1.85 bits per heavy atom. The zero-order valence-electron chi connectivity index (χ0n) is 18.2. The van der Waals surface area contributed by atoms with Crippen LogP contribution >= 0.6 is 23.2 Å². The average molecular weight is 481 g/mol. The summed E-state index contributed by atoms with van der Waals surface area (Å²) in [5, 5.41) is 13.3. The fourth-order valence-electron chi connectivity index (χ4n) is 3.08. The van der Waals surface area contributed by atoms with Crippen molar-refractivity contribution in [1.29, 1.82) is 5.26 Å². The van der Waals surface area contributed by atoms with Gasteiger partial charge in [0.2, 0.25) is 0 Å². The van der Waals surface area contributed by atoms with Gasteiger partial charge < -0.3 is 14.8 Å². The first-order valence-corrected chi connectivity index (χ1v) is 11.0. The van der Waals surface area contributed by atoms with Gasteiger partial charge in [-0.05, 0) is 66.9 Å². The van der Waals surface area contributed by atoms with E-state index in [1.807, 2.05) is 44.2 Å². The lowest BCUT2D eigenvalue weighted by molar-refractivity contribution is -0.112. The molecule has 0 unspecified atom stereocenters. The number of hydrogen-bond donors (Lipinski definition) is 1. The second kappa shape index (κ2) is 11.4. The number of nitrogens with zero attached hydrogens (tertiary/aromatic N) is 1. The van der Waals surface area contributed by atoms with E-state index in [1.165, 1.54) is 6.08 Å². The quantitative estimate of drug-likeness (QED) is 0.283. The lowest BCUT2D eigenvalue weighted by Crippen LogP contribution is -2.14. The number of carbonyl (C=O) groups excluding carboxylic acids is 1. The van der Waals surface area contributed by atoms with Crippen LogP contribution in [-0.2, 0) is 11.4 Å². The number of carbonyl (C=O) groups is 1. The number of benzene rings is 3. The second-order valence-corrected chi connectivity index (χ2v) is 7.96. The molecular formula is C26H22Cl2N2O3. The van der Waals surface area contributed by atoms with E-state index in [0.29, 0.717) is 46.0 Å². The molecule has 0 aliphatic rings. The van der Waals surface area contributed by atoms with Crippen molar-refractivity contribution in [3.63, 3.8) is 0 Å². The molecule has 0 saturated heterocycles. The number of anilines is 1. The van der Waals surface area contributed by atoms with Crippen LogP contribution in [0.5, 0.6) is 11.5 Å². The molecule has 168 valence electrons. The zero-order chi connectivity index (χ0) is 23.8. The summed E-state index contributed by atoms with van der Waals surface area (Å²) in [6.45, 7) is 4.44. The maximum atomic E-state index is 12.7.